The molecule has 0 radical (unpaired) electrons. The van der Waals surface area contributed by atoms with Gasteiger partial charge < -0.3 is 10.5 Å². The molecule has 1 heterocycles. The van der Waals surface area contributed by atoms with Crippen molar-refractivity contribution in [3.8, 4) is 5.88 Å². The minimum atomic E-state index is -4.47. The van der Waals surface area contributed by atoms with Crippen molar-refractivity contribution >= 4 is 0 Å². The first-order valence-corrected chi connectivity index (χ1v) is 7.37. The molecule has 0 aliphatic heterocycles. The SMILES string of the molecule is CCC1CCCC(Oc2nc(C(F)(F)F)ccc2CN)C1. The fraction of sp³-hybridized carbons (Fsp3) is 0.667. The molecule has 1 saturated carbocycles. The summed E-state index contributed by atoms with van der Waals surface area (Å²) >= 11 is 0. The molecule has 1 aromatic heterocycles. The Morgan fingerprint density at radius 2 is 2.10 bits per heavy atom. The smallest absolute Gasteiger partial charge is 0.433 e. The van der Waals surface area contributed by atoms with Gasteiger partial charge in [0.05, 0.1) is 0 Å². The van der Waals surface area contributed by atoms with Crippen LogP contribution < -0.4 is 10.5 Å². The van der Waals surface area contributed by atoms with Gasteiger partial charge in [-0.3, -0.25) is 0 Å². The van der Waals surface area contributed by atoms with Crippen molar-refractivity contribution in [2.24, 2.45) is 11.7 Å². The predicted molar refractivity (Wildman–Crippen MR) is 73.8 cm³/mol. The number of halogens is 3. The fourth-order valence-electron chi connectivity index (χ4n) is 2.76. The van der Waals surface area contributed by atoms with Gasteiger partial charge in [-0.25, -0.2) is 4.98 Å². The van der Waals surface area contributed by atoms with Crippen LogP contribution in [0.5, 0.6) is 5.88 Å². The lowest BCUT2D eigenvalue weighted by atomic mass is 9.85. The van der Waals surface area contributed by atoms with Gasteiger partial charge in [0.1, 0.15) is 11.8 Å². The molecule has 2 unspecified atom stereocenters. The number of hydrogen-bond acceptors (Lipinski definition) is 3. The first kappa shape index (κ1) is 16.1. The van der Waals surface area contributed by atoms with E-state index in [9.17, 15) is 13.2 Å². The highest BCUT2D eigenvalue weighted by atomic mass is 19.4. The zero-order chi connectivity index (χ0) is 15.5. The number of ether oxygens (including phenoxy) is 1. The average molecular weight is 302 g/mol. The molecule has 1 fully saturated rings. The molecule has 21 heavy (non-hydrogen) atoms. The Hall–Kier alpha value is -1.30. The van der Waals surface area contributed by atoms with Gasteiger partial charge in [-0.1, -0.05) is 25.8 Å². The van der Waals surface area contributed by atoms with E-state index < -0.39 is 11.9 Å². The largest absolute Gasteiger partial charge is 0.474 e. The van der Waals surface area contributed by atoms with E-state index in [1.165, 1.54) is 6.07 Å². The van der Waals surface area contributed by atoms with Gasteiger partial charge in [-0.05, 0) is 31.2 Å². The second-order valence-electron chi connectivity index (χ2n) is 5.54. The standard InChI is InChI=1S/C15H21F3N2O/c1-2-10-4-3-5-12(8-10)21-14-11(9-19)6-7-13(20-14)15(16,17)18/h6-7,10,12H,2-5,8-9,19H2,1H3. The summed E-state index contributed by atoms with van der Waals surface area (Å²) in [6.45, 7) is 2.24. The van der Waals surface area contributed by atoms with Crippen LogP contribution in [0.2, 0.25) is 0 Å². The highest BCUT2D eigenvalue weighted by molar-refractivity contribution is 5.29. The van der Waals surface area contributed by atoms with E-state index in [1.54, 1.807) is 0 Å². The van der Waals surface area contributed by atoms with Crippen LogP contribution in [0.1, 0.15) is 50.3 Å². The third-order valence-corrected chi connectivity index (χ3v) is 4.04. The van der Waals surface area contributed by atoms with Crippen molar-refractivity contribution < 1.29 is 17.9 Å². The summed E-state index contributed by atoms with van der Waals surface area (Å²) in [7, 11) is 0. The van der Waals surface area contributed by atoms with E-state index in [0.717, 1.165) is 38.2 Å². The molecule has 2 N–H and O–H groups in total. The molecule has 3 nitrogen and oxygen atoms in total. The Morgan fingerprint density at radius 3 is 2.71 bits per heavy atom. The summed E-state index contributed by atoms with van der Waals surface area (Å²) in [6, 6.07) is 2.30. The van der Waals surface area contributed by atoms with Gasteiger partial charge in [0, 0.05) is 12.1 Å². The number of pyridine rings is 1. The Bertz CT molecular complexity index is 476. The van der Waals surface area contributed by atoms with Crippen molar-refractivity contribution in [2.45, 2.75) is 57.9 Å². The third-order valence-electron chi connectivity index (χ3n) is 4.04. The van der Waals surface area contributed by atoms with Crippen LogP contribution in [0.3, 0.4) is 0 Å². The zero-order valence-electron chi connectivity index (χ0n) is 12.1. The van der Waals surface area contributed by atoms with Gasteiger partial charge in [0.15, 0.2) is 0 Å². The van der Waals surface area contributed by atoms with Crippen molar-refractivity contribution in [2.75, 3.05) is 0 Å². The molecule has 1 aliphatic carbocycles. The number of hydrogen-bond donors (Lipinski definition) is 1. The van der Waals surface area contributed by atoms with Crippen LogP contribution in [0.15, 0.2) is 12.1 Å². The molecule has 1 aliphatic rings. The lowest BCUT2D eigenvalue weighted by Crippen LogP contribution is -2.26. The maximum atomic E-state index is 12.7. The molecule has 6 heteroatoms. The zero-order valence-corrected chi connectivity index (χ0v) is 12.1. The van der Waals surface area contributed by atoms with E-state index in [1.807, 2.05) is 0 Å². The lowest BCUT2D eigenvalue weighted by Gasteiger charge is -2.29. The molecule has 2 rings (SSSR count). The van der Waals surface area contributed by atoms with Crippen LogP contribution in [-0.2, 0) is 12.7 Å². The second kappa shape index (κ2) is 6.64. The molecule has 2 atom stereocenters. The molecular weight excluding hydrogens is 281 g/mol. The molecule has 0 bridgehead atoms. The van der Waals surface area contributed by atoms with Crippen LogP contribution in [-0.4, -0.2) is 11.1 Å². The van der Waals surface area contributed by atoms with Crippen molar-refractivity contribution in [3.05, 3.63) is 23.4 Å². The van der Waals surface area contributed by atoms with Crippen molar-refractivity contribution in [1.82, 2.24) is 4.98 Å². The van der Waals surface area contributed by atoms with Crippen molar-refractivity contribution in [1.29, 1.82) is 0 Å². The minimum absolute atomic E-state index is 0.0362. The van der Waals surface area contributed by atoms with Gasteiger partial charge in [-0.15, -0.1) is 0 Å². The quantitative estimate of drug-likeness (QED) is 0.917. The molecule has 0 spiro atoms. The van der Waals surface area contributed by atoms with Gasteiger partial charge >= 0.3 is 6.18 Å². The van der Waals surface area contributed by atoms with E-state index in [-0.39, 0.29) is 18.5 Å². The van der Waals surface area contributed by atoms with Crippen LogP contribution in [0, 0.1) is 5.92 Å². The normalized spacial score (nSPS) is 23.1. The van der Waals surface area contributed by atoms with Crippen molar-refractivity contribution in [3.63, 3.8) is 0 Å². The number of nitrogens with zero attached hydrogens (tertiary/aromatic N) is 1. The van der Waals surface area contributed by atoms with E-state index in [2.05, 4.69) is 11.9 Å². The molecule has 1 aromatic rings. The highest BCUT2D eigenvalue weighted by Crippen LogP contribution is 2.33. The van der Waals surface area contributed by atoms with Gasteiger partial charge in [-0.2, -0.15) is 13.2 Å². The Labute approximate surface area is 122 Å². The van der Waals surface area contributed by atoms with Gasteiger partial charge in [0.2, 0.25) is 5.88 Å². The fourth-order valence-corrected chi connectivity index (χ4v) is 2.76. The van der Waals surface area contributed by atoms with Crippen LogP contribution in [0.4, 0.5) is 13.2 Å². The van der Waals surface area contributed by atoms with Crippen LogP contribution in [0.25, 0.3) is 0 Å². The predicted octanol–water partition coefficient (Wildman–Crippen LogP) is 3.91. The number of alkyl halides is 3. The number of aromatic nitrogens is 1. The highest BCUT2D eigenvalue weighted by Gasteiger charge is 2.33. The summed E-state index contributed by atoms with van der Waals surface area (Å²) in [5, 5.41) is 0. The van der Waals surface area contributed by atoms with E-state index in [4.69, 9.17) is 10.5 Å². The maximum Gasteiger partial charge on any atom is 0.433 e. The first-order valence-electron chi connectivity index (χ1n) is 7.37. The Morgan fingerprint density at radius 1 is 1.33 bits per heavy atom. The average Bonchev–Trinajstić information content (AvgIpc) is 2.46. The monoisotopic (exact) mass is 302 g/mol. The second-order valence-corrected chi connectivity index (χ2v) is 5.54. The molecule has 0 saturated heterocycles. The summed E-state index contributed by atoms with van der Waals surface area (Å²) in [4.78, 5) is 3.63. The summed E-state index contributed by atoms with van der Waals surface area (Å²) in [5.74, 6) is 0.616. The summed E-state index contributed by atoms with van der Waals surface area (Å²) < 4.78 is 44.0. The topological polar surface area (TPSA) is 48.1 Å². The van der Waals surface area contributed by atoms with Crippen LogP contribution >= 0.6 is 0 Å². The Balaban J connectivity index is 2.17. The maximum absolute atomic E-state index is 12.7. The first-order chi connectivity index (χ1) is 9.94. The molecule has 0 amide bonds. The molecule has 118 valence electrons. The Kier molecular flexibility index (Phi) is 5.08. The minimum Gasteiger partial charge on any atom is -0.474 e. The third kappa shape index (κ3) is 4.09. The summed E-state index contributed by atoms with van der Waals surface area (Å²) in [6.07, 6.45) is 0.473. The number of nitrogens with two attached hydrogens (primary N) is 1. The summed E-state index contributed by atoms with van der Waals surface area (Å²) in [5.41, 5.74) is 5.15. The molecule has 0 aromatic carbocycles. The lowest BCUT2D eigenvalue weighted by molar-refractivity contribution is -0.141. The number of rotatable bonds is 4. The van der Waals surface area contributed by atoms with Gasteiger partial charge in [0.25, 0.3) is 0 Å². The molecular formula is C15H21F3N2O. The van der Waals surface area contributed by atoms with E-state index in [0.29, 0.717) is 11.5 Å². The van der Waals surface area contributed by atoms with E-state index >= 15 is 0 Å².